The number of aliphatic imine (C=N–C) groups is 1. The van der Waals surface area contributed by atoms with E-state index in [-0.39, 0.29) is 5.91 Å². The van der Waals surface area contributed by atoms with Gasteiger partial charge in [0.05, 0.1) is 6.04 Å². The van der Waals surface area contributed by atoms with Crippen molar-refractivity contribution in [2.45, 2.75) is 68.8 Å². The molecule has 4 fully saturated rings. The normalized spacial score (nSPS) is 42.2. The van der Waals surface area contributed by atoms with E-state index < -0.39 is 10.9 Å². The predicted octanol–water partition coefficient (Wildman–Crippen LogP) is 2.98. The van der Waals surface area contributed by atoms with Gasteiger partial charge in [0, 0.05) is 13.1 Å². The Kier molecular flexibility index (Phi) is 4.63. The lowest BCUT2D eigenvalue weighted by Crippen LogP contribution is -2.40. The fraction of sp³-hybridized carbons (Fsp3) is 0.889. The summed E-state index contributed by atoms with van der Waals surface area (Å²) < 4.78 is 12.8. The fourth-order valence-corrected chi connectivity index (χ4v) is 5.85. The highest BCUT2D eigenvalue weighted by Crippen LogP contribution is 2.46. The summed E-state index contributed by atoms with van der Waals surface area (Å²) in [5.74, 6) is 1.71. The number of amidine groups is 1. The Morgan fingerprint density at radius 3 is 2.75 bits per heavy atom. The monoisotopic (exact) mass is 353 g/mol. The molecule has 6 heteroatoms. The van der Waals surface area contributed by atoms with Gasteiger partial charge in [-0.3, -0.25) is 9.79 Å². The summed E-state index contributed by atoms with van der Waals surface area (Å²) in [6.45, 7) is 4.52. The largest absolute Gasteiger partial charge is 0.304 e. The van der Waals surface area contributed by atoms with E-state index in [9.17, 15) is 9.18 Å². The van der Waals surface area contributed by atoms with Crippen LogP contribution in [0.3, 0.4) is 0 Å². The van der Waals surface area contributed by atoms with Gasteiger partial charge in [-0.05, 0) is 63.8 Å². The van der Waals surface area contributed by atoms with Gasteiger partial charge in [0.2, 0.25) is 5.91 Å². The van der Waals surface area contributed by atoms with Crippen molar-refractivity contribution in [3.63, 3.8) is 0 Å². The third-order valence-corrected chi connectivity index (χ3v) is 7.67. The lowest BCUT2D eigenvalue weighted by atomic mass is 9.96. The van der Waals surface area contributed by atoms with Crippen LogP contribution in [0.2, 0.25) is 0 Å². The molecule has 2 saturated carbocycles. The third kappa shape index (κ3) is 3.36. The second-order valence-electron chi connectivity index (χ2n) is 8.23. The molecule has 0 spiro atoms. The number of carbonyl (C=O) groups excluding carboxylic acids is 1. The predicted molar refractivity (Wildman–Crippen MR) is 96.0 cm³/mol. The number of carbonyl (C=O) groups is 1. The van der Waals surface area contributed by atoms with Crippen molar-refractivity contribution in [1.82, 2.24) is 10.2 Å². The maximum absolute atomic E-state index is 13.2. The zero-order valence-electron chi connectivity index (χ0n) is 14.5. The summed E-state index contributed by atoms with van der Waals surface area (Å²) in [5.41, 5.74) is 0. The molecule has 4 atom stereocenters. The maximum Gasteiger partial charge on any atom is 0.242 e. The van der Waals surface area contributed by atoms with E-state index in [0.29, 0.717) is 18.9 Å². The van der Waals surface area contributed by atoms with Crippen LogP contribution in [-0.2, 0) is 4.79 Å². The molecule has 2 aliphatic carbocycles. The average molecular weight is 354 g/mol. The van der Waals surface area contributed by atoms with Gasteiger partial charge >= 0.3 is 0 Å². The summed E-state index contributed by atoms with van der Waals surface area (Å²) >= 11 is 1.61. The zero-order chi connectivity index (χ0) is 16.7. The van der Waals surface area contributed by atoms with E-state index in [2.05, 4.69) is 10.2 Å². The fourth-order valence-electron chi connectivity index (χ4n) is 4.75. The Labute approximate surface area is 148 Å². The van der Waals surface area contributed by atoms with Gasteiger partial charge in [-0.1, -0.05) is 18.2 Å². The maximum atomic E-state index is 13.2. The summed E-state index contributed by atoms with van der Waals surface area (Å²) in [6.07, 6.45) is 6.66. The number of alkyl halides is 1. The topological polar surface area (TPSA) is 44.7 Å². The van der Waals surface area contributed by atoms with Gasteiger partial charge in [-0.15, -0.1) is 0 Å². The molecule has 2 bridgehead atoms. The average Bonchev–Trinajstić information content (AvgIpc) is 3.23. The van der Waals surface area contributed by atoms with E-state index in [4.69, 9.17) is 4.99 Å². The third-order valence-electron chi connectivity index (χ3n) is 6.43. The minimum atomic E-state index is -0.638. The number of nitrogens with zero attached hydrogens (tertiary/aromatic N) is 2. The van der Waals surface area contributed by atoms with Crippen molar-refractivity contribution in [1.29, 1.82) is 0 Å². The van der Waals surface area contributed by atoms with Crippen molar-refractivity contribution in [3.8, 4) is 0 Å². The molecule has 4 unspecified atom stereocenters. The number of thioether (sulfide) groups is 1. The highest BCUT2D eigenvalue weighted by molar-refractivity contribution is 8.16. The summed E-state index contributed by atoms with van der Waals surface area (Å²) in [5, 5.41) is 3.86. The van der Waals surface area contributed by atoms with Crippen molar-refractivity contribution < 1.29 is 9.18 Å². The molecular weight excluding hydrogens is 325 g/mol. The molecule has 0 radical (unpaired) electrons. The first-order chi connectivity index (χ1) is 11.5. The molecular formula is C18H28FN3OS. The summed E-state index contributed by atoms with van der Waals surface area (Å²) in [7, 11) is 0. The Morgan fingerprint density at radius 1 is 1.29 bits per heavy atom. The van der Waals surface area contributed by atoms with Gasteiger partial charge in [0.25, 0.3) is 0 Å². The van der Waals surface area contributed by atoms with Gasteiger partial charge in [0.15, 0.2) is 5.17 Å². The molecule has 2 aliphatic heterocycles. The van der Waals surface area contributed by atoms with Crippen LogP contribution < -0.4 is 5.32 Å². The number of hydrogen-bond donors (Lipinski definition) is 1. The lowest BCUT2D eigenvalue weighted by Gasteiger charge is -2.30. The molecule has 2 saturated heterocycles. The van der Waals surface area contributed by atoms with Crippen LogP contribution in [0.5, 0.6) is 0 Å². The van der Waals surface area contributed by atoms with Gasteiger partial charge < -0.3 is 10.2 Å². The van der Waals surface area contributed by atoms with Gasteiger partial charge in [-0.25, -0.2) is 4.39 Å². The first kappa shape index (κ1) is 16.8. The number of rotatable bonds is 4. The smallest absolute Gasteiger partial charge is 0.242 e. The van der Waals surface area contributed by atoms with Crippen LogP contribution in [0.15, 0.2) is 4.99 Å². The molecule has 134 valence electrons. The summed E-state index contributed by atoms with van der Waals surface area (Å²) in [6, 6.07) is 0.428. The minimum absolute atomic E-state index is 0.0924. The Bertz CT molecular complexity index is 534. The molecule has 0 aromatic rings. The van der Waals surface area contributed by atoms with E-state index in [1.807, 2.05) is 6.92 Å². The molecule has 1 amide bonds. The van der Waals surface area contributed by atoms with Crippen molar-refractivity contribution in [2.24, 2.45) is 16.8 Å². The van der Waals surface area contributed by atoms with E-state index >= 15 is 0 Å². The SMILES string of the molecule is CC1(CCN2CCC(F)CC2)SC(=NC2CC3CCC2C3)NC1=O. The van der Waals surface area contributed by atoms with Crippen LogP contribution in [0.4, 0.5) is 4.39 Å². The molecule has 24 heavy (non-hydrogen) atoms. The number of hydrogen-bond acceptors (Lipinski definition) is 4. The molecule has 4 aliphatic rings. The lowest BCUT2D eigenvalue weighted by molar-refractivity contribution is -0.121. The Morgan fingerprint density at radius 2 is 2.08 bits per heavy atom. The first-order valence-electron chi connectivity index (χ1n) is 9.46. The van der Waals surface area contributed by atoms with E-state index in [1.54, 1.807) is 11.8 Å². The second kappa shape index (κ2) is 6.60. The molecule has 4 nitrogen and oxygen atoms in total. The van der Waals surface area contributed by atoms with Crippen LogP contribution in [-0.4, -0.2) is 52.6 Å². The number of amides is 1. The van der Waals surface area contributed by atoms with E-state index in [1.165, 1.54) is 25.7 Å². The quantitative estimate of drug-likeness (QED) is 0.845. The number of halogens is 1. The van der Waals surface area contributed by atoms with Crippen LogP contribution in [0, 0.1) is 11.8 Å². The molecule has 4 rings (SSSR count). The van der Waals surface area contributed by atoms with Crippen LogP contribution in [0.1, 0.15) is 51.9 Å². The standard InChI is InChI=1S/C18H28FN3OS/c1-18(6-9-22-7-4-14(19)5-8-22)16(23)21-17(24-18)20-15-11-12-2-3-13(15)10-12/h12-15H,2-11H2,1H3,(H,20,21,23). The van der Waals surface area contributed by atoms with Gasteiger partial charge in [-0.2, -0.15) is 0 Å². The minimum Gasteiger partial charge on any atom is -0.304 e. The van der Waals surface area contributed by atoms with E-state index in [0.717, 1.165) is 43.1 Å². The van der Waals surface area contributed by atoms with Gasteiger partial charge in [0.1, 0.15) is 10.9 Å². The number of nitrogens with one attached hydrogen (secondary N) is 1. The first-order valence-corrected chi connectivity index (χ1v) is 10.3. The molecule has 1 N–H and O–H groups in total. The van der Waals surface area contributed by atoms with Crippen molar-refractivity contribution in [2.75, 3.05) is 19.6 Å². The van der Waals surface area contributed by atoms with Crippen LogP contribution >= 0.6 is 11.8 Å². The summed E-state index contributed by atoms with van der Waals surface area (Å²) in [4.78, 5) is 19.7. The molecule has 0 aromatic heterocycles. The molecule has 0 aromatic carbocycles. The zero-order valence-corrected chi connectivity index (χ0v) is 15.3. The number of likely N-dealkylation sites (tertiary alicyclic amines) is 1. The molecule has 2 heterocycles. The Balaban J connectivity index is 1.33. The number of piperidine rings is 1. The Hall–Kier alpha value is -0.620. The van der Waals surface area contributed by atoms with Crippen molar-refractivity contribution in [3.05, 3.63) is 0 Å². The second-order valence-corrected chi connectivity index (χ2v) is 9.72. The van der Waals surface area contributed by atoms with Crippen molar-refractivity contribution >= 4 is 22.8 Å². The highest BCUT2D eigenvalue weighted by atomic mass is 32.2. The highest BCUT2D eigenvalue weighted by Gasteiger charge is 2.44. The van der Waals surface area contributed by atoms with Crippen LogP contribution in [0.25, 0.3) is 0 Å². The number of fused-ring (bicyclic) bond motifs is 2.